The number of sulfonamides is 1. The van der Waals surface area contributed by atoms with Crippen molar-refractivity contribution in [1.29, 1.82) is 0 Å². The van der Waals surface area contributed by atoms with Gasteiger partial charge in [-0.1, -0.05) is 57.2 Å². The van der Waals surface area contributed by atoms with Gasteiger partial charge in [0.25, 0.3) is 15.9 Å². The van der Waals surface area contributed by atoms with E-state index in [1.807, 2.05) is 29.2 Å². The summed E-state index contributed by atoms with van der Waals surface area (Å²) in [6.07, 6.45) is 4.03. The first-order valence-corrected chi connectivity index (χ1v) is 15.0. The largest absolute Gasteiger partial charge is 0.366 e. The summed E-state index contributed by atoms with van der Waals surface area (Å²) in [6.45, 7) is 9.28. The molecule has 1 N–H and O–H groups in total. The van der Waals surface area contributed by atoms with Gasteiger partial charge in [0.05, 0.1) is 10.5 Å². The molecule has 0 spiro atoms. The number of hydrogen-bond acceptors (Lipinski definition) is 4. The van der Waals surface area contributed by atoms with E-state index in [9.17, 15) is 13.2 Å². The van der Waals surface area contributed by atoms with Crippen LogP contribution in [0.2, 0.25) is 0 Å². The number of piperidine rings is 1. The number of anilines is 2. The third-order valence-corrected chi connectivity index (χ3v) is 9.02. The summed E-state index contributed by atoms with van der Waals surface area (Å²) in [6, 6.07) is 20.8. The Labute approximate surface area is 226 Å². The standard InChI is InChI=1S/C31H37N3O3S/c1-31(2,3)25-11-14-27(15-12-25)38(36,37)32-26-13-16-29(28(21-26)30(35)33-18-7-4-8-19-33)34-20-17-23-9-5-6-10-24(23)22-34/h5-6,9-16,21,32H,4,7-8,17-20,22H2,1-3H3. The zero-order chi connectivity index (χ0) is 26.9. The predicted molar refractivity (Wildman–Crippen MR) is 153 cm³/mol. The first-order chi connectivity index (χ1) is 18.1. The molecule has 1 saturated heterocycles. The van der Waals surface area contributed by atoms with Gasteiger partial charge in [0.15, 0.2) is 0 Å². The fraction of sp³-hybridized carbons (Fsp3) is 0.387. The van der Waals surface area contributed by atoms with E-state index >= 15 is 0 Å². The number of nitrogens with zero attached hydrogens (tertiary/aromatic N) is 2. The second-order valence-electron chi connectivity index (χ2n) is 11.4. The lowest BCUT2D eigenvalue weighted by molar-refractivity contribution is 0.0725. The Balaban J connectivity index is 1.46. The molecule has 0 bridgehead atoms. The average Bonchev–Trinajstić information content (AvgIpc) is 2.92. The normalized spacial score (nSPS) is 16.2. The van der Waals surface area contributed by atoms with Gasteiger partial charge in [-0.15, -0.1) is 0 Å². The molecule has 2 aliphatic rings. The van der Waals surface area contributed by atoms with Gasteiger partial charge in [0.1, 0.15) is 0 Å². The number of benzene rings is 3. The zero-order valence-corrected chi connectivity index (χ0v) is 23.4. The maximum atomic E-state index is 13.8. The fourth-order valence-corrected chi connectivity index (χ4v) is 6.41. The quantitative estimate of drug-likeness (QED) is 0.440. The molecule has 0 aromatic heterocycles. The van der Waals surface area contributed by atoms with Crippen LogP contribution < -0.4 is 9.62 Å². The molecule has 38 heavy (non-hydrogen) atoms. The minimum Gasteiger partial charge on any atom is -0.366 e. The summed E-state index contributed by atoms with van der Waals surface area (Å²) in [7, 11) is -3.81. The molecule has 200 valence electrons. The van der Waals surface area contributed by atoms with Crippen LogP contribution in [0.15, 0.2) is 71.6 Å². The molecule has 5 rings (SSSR count). The summed E-state index contributed by atoms with van der Waals surface area (Å²) >= 11 is 0. The molecule has 0 radical (unpaired) electrons. The molecule has 3 aromatic carbocycles. The summed E-state index contributed by atoms with van der Waals surface area (Å²) in [5.41, 5.74) is 5.41. The molecule has 0 saturated carbocycles. The molecule has 6 nitrogen and oxygen atoms in total. The monoisotopic (exact) mass is 531 g/mol. The number of likely N-dealkylation sites (tertiary alicyclic amines) is 1. The third kappa shape index (κ3) is 5.58. The minimum atomic E-state index is -3.81. The van der Waals surface area contributed by atoms with Gasteiger partial charge in [-0.05, 0) is 78.1 Å². The number of carbonyl (C=O) groups excluding carboxylic acids is 1. The second kappa shape index (κ2) is 10.4. The Hall–Kier alpha value is -3.32. The molecule has 0 atom stereocenters. The van der Waals surface area contributed by atoms with Gasteiger partial charge in [0.2, 0.25) is 0 Å². The molecule has 0 unspecified atom stereocenters. The van der Waals surface area contributed by atoms with Crippen LogP contribution in [0.25, 0.3) is 0 Å². The van der Waals surface area contributed by atoms with E-state index in [4.69, 9.17) is 0 Å². The van der Waals surface area contributed by atoms with Crippen LogP contribution in [0.5, 0.6) is 0 Å². The third-order valence-electron chi connectivity index (χ3n) is 7.62. The average molecular weight is 532 g/mol. The van der Waals surface area contributed by atoms with Crippen LogP contribution in [0.4, 0.5) is 11.4 Å². The van der Waals surface area contributed by atoms with Crippen molar-refractivity contribution in [2.24, 2.45) is 0 Å². The van der Waals surface area contributed by atoms with E-state index in [0.29, 0.717) is 11.3 Å². The molecule has 2 heterocycles. The van der Waals surface area contributed by atoms with Crippen LogP contribution in [0, 0.1) is 0 Å². The van der Waals surface area contributed by atoms with Gasteiger partial charge in [-0.3, -0.25) is 9.52 Å². The highest BCUT2D eigenvalue weighted by Gasteiger charge is 2.26. The number of nitrogens with one attached hydrogen (secondary N) is 1. The van der Waals surface area contributed by atoms with Crippen molar-refractivity contribution in [3.05, 3.63) is 89.0 Å². The summed E-state index contributed by atoms with van der Waals surface area (Å²) < 4.78 is 29.2. The van der Waals surface area contributed by atoms with Crippen LogP contribution in [0.3, 0.4) is 0 Å². The van der Waals surface area contributed by atoms with Crippen LogP contribution >= 0.6 is 0 Å². The first kappa shape index (κ1) is 26.3. The van der Waals surface area contributed by atoms with Gasteiger partial charge < -0.3 is 9.80 Å². The number of carbonyl (C=O) groups is 1. The van der Waals surface area contributed by atoms with E-state index in [0.717, 1.165) is 63.1 Å². The topological polar surface area (TPSA) is 69.7 Å². The highest BCUT2D eigenvalue weighted by Crippen LogP contribution is 2.32. The Morgan fingerprint density at radius 1 is 0.842 bits per heavy atom. The van der Waals surface area contributed by atoms with Crippen molar-refractivity contribution < 1.29 is 13.2 Å². The lowest BCUT2D eigenvalue weighted by Gasteiger charge is -2.34. The lowest BCUT2D eigenvalue weighted by Crippen LogP contribution is -2.38. The Kier molecular flexibility index (Phi) is 7.23. The molecule has 7 heteroatoms. The van der Waals surface area contributed by atoms with Gasteiger partial charge >= 0.3 is 0 Å². The highest BCUT2D eigenvalue weighted by molar-refractivity contribution is 7.92. The van der Waals surface area contributed by atoms with E-state index in [1.165, 1.54) is 11.1 Å². The van der Waals surface area contributed by atoms with Crippen molar-refractivity contribution in [1.82, 2.24) is 4.90 Å². The van der Waals surface area contributed by atoms with Crippen molar-refractivity contribution >= 4 is 27.3 Å². The Bertz CT molecular complexity index is 1420. The van der Waals surface area contributed by atoms with E-state index in [2.05, 4.69) is 48.6 Å². The van der Waals surface area contributed by atoms with Crippen molar-refractivity contribution in [2.45, 2.75) is 63.3 Å². The molecule has 1 fully saturated rings. The first-order valence-electron chi connectivity index (χ1n) is 13.5. The van der Waals surface area contributed by atoms with E-state index in [1.54, 1.807) is 24.3 Å². The maximum absolute atomic E-state index is 13.8. The minimum absolute atomic E-state index is 0.0332. The van der Waals surface area contributed by atoms with E-state index < -0.39 is 10.0 Å². The summed E-state index contributed by atoms with van der Waals surface area (Å²) in [5.74, 6) is -0.0332. The number of hydrogen-bond donors (Lipinski definition) is 1. The molecule has 1 amide bonds. The smallest absolute Gasteiger partial charge is 0.261 e. The molecule has 0 aliphatic carbocycles. The van der Waals surface area contributed by atoms with Crippen LogP contribution in [-0.4, -0.2) is 38.9 Å². The molecule has 3 aromatic rings. The van der Waals surface area contributed by atoms with Crippen LogP contribution in [0.1, 0.15) is 67.1 Å². The molecular weight excluding hydrogens is 494 g/mol. The summed E-state index contributed by atoms with van der Waals surface area (Å²) in [5, 5.41) is 0. The lowest BCUT2D eigenvalue weighted by atomic mass is 9.87. The van der Waals surface area contributed by atoms with E-state index in [-0.39, 0.29) is 16.2 Å². The van der Waals surface area contributed by atoms with Gasteiger partial charge in [-0.2, -0.15) is 0 Å². The van der Waals surface area contributed by atoms with Gasteiger partial charge in [-0.25, -0.2) is 8.42 Å². The molecule has 2 aliphatic heterocycles. The summed E-state index contributed by atoms with van der Waals surface area (Å²) in [4.78, 5) is 18.1. The second-order valence-corrected chi connectivity index (χ2v) is 13.1. The zero-order valence-electron chi connectivity index (χ0n) is 22.5. The number of fused-ring (bicyclic) bond motifs is 1. The number of amides is 1. The van der Waals surface area contributed by atoms with Gasteiger partial charge in [0, 0.05) is 37.6 Å². The molecular formula is C31H37N3O3S. The Morgan fingerprint density at radius 3 is 2.21 bits per heavy atom. The highest BCUT2D eigenvalue weighted by atomic mass is 32.2. The number of rotatable bonds is 5. The van der Waals surface area contributed by atoms with Crippen molar-refractivity contribution in [3.63, 3.8) is 0 Å². The Morgan fingerprint density at radius 2 is 1.53 bits per heavy atom. The SMILES string of the molecule is CC(C)(C)c1ccc(S(=O)(=O)Nc2ccc(N3CCc4ccccc4C3)c(C(=O)N3CCCCC3)c2)cc1. The maximum Gasteiger partial charge on any atom is 0.261 e. The fourth-order valence-electron chi connectivity index (χ4n) is 5.36. The van der Waals surface area contributed by atoms with Crippen LogP contribution in [-0.2, 0) is 28.4 Å². The van der Waals surface area contributed by atoms with Crippen molar-refractivity contribution in [2.75, 3.05) is 29.3 Å². The van der Waals surface area contributed by atoms with Crippen molar-refractivity contribution in [3.8, 4) is 0 Å². The predicted octanol–water partition coefficient (Wildman–Crippen LogP) is 5.97.